The van der Waals surface area contributed by atoms with Crippen molar-refractivity contribution in [3.8, 4) is 11.4 Å². The van der Waals surface area contributed by atoms with Crippen molar-refractivity contribution < 1.29 is 0 Å². The van der Waals surface area contributed by atoms with Crippen molar-refractivity contribution in [2.24, 2.45) is 0 Å². The molecule has 0 N–H and O–H groups in total. The maximum atomic E-state index is 12.8. The van der Waals surface area contributed by atoms with Crippen LogP contribution in [0.2, 0.25) is 0 Å². The Bertz CT molecular complexity index is 825. The van der Waals surface area contributed by atoms with Gasteiger partial charge >= 0.3 is 0 Å². The summed E-state index contributed by atoms with van der Waals surface area (Å²) in [5.41, 5.74) is 1.64. The second-order valence-electron chi connectivity index (χ2n) is 5.36. The predicted molar refractivity (Wildman–Crippen MR) is 88.8 cm³/mol. The van der Waals surface area contributed by atoms with E-state index in [0.29, 0.717) is 17.8 Å². The Balaban J connectivity index is 2.19. The molecular weight excluding hydrogens is 274 g/mol. The van der Waals surface area contributed by atoms with E-state index >= 15 is 0 Å². The standard InChI is InChI=1S/C18H19N3O/c1-2-3-6-12-21-17(14-8-7-11-19-13-14)20-16-10-5-4-9-15(16)18(21)22/h4-5,7-11,13H,2-3,6,12H2,1H3. The molecule has 0 spiro atoms. The van der Waals surface area contributed by atoms with Crippen LogP contribution >= 0.6 is 0 Å². The van der Waals surface area contributed by atoms with Gasteiger partial charge < -0.3 is 0 Å². The molecule has 0 amide bonds. The Hall–Kier alpha value is -2.49. The van der Waals surface area contributed by atoms with Gasteiger partial charge in [0.15, 0.2) is 0 Å². The van der Waals surface area contributed by atoms with Crippen molar-refractivity contribution in [2.75, 3.05) is 0 Å². The van der Waals surface area contributed by atoms with Gasteiger partial charge in [-0.05, 0) is 30.7 Å². The number of rotatable bonds is 5. The molecule has 0 atom stereocenters. The summed E-state index contributed by atoms with van der Waals surface area (Å²) in [5, 5.41) is 0.673. The fraction of sp³-hybridized carbons (Fsp3) is 0.278. The van der Waals surface area contributed by atoms with Crippen LogP contribution in [0.25, 0.3) is 22.3 Å². The molecule has 2 aromatic heterocycles. The lowest BCUT2D eigenvalue weighted by Gasteiger charge is -2.13. The number of nitrogens with zero attached hydrogens (tertiary/aromatic N) is 3. The largest absolute Gasteiger partial charge is 0.292 e. The van der Waals surface area contributed by atoms with Crippen LogP contribution in [0.4, 0.5) is 0 Å². The van der Waals surface area contributed by atoms with E-state index in [4.69, 9.17) is 4.98 Å². The van der Waals surface area contributed by atoms with Crippen LogP contribution < -0.4 is 5.56 Å². The van der Waals surface area contributed by atoms with Crippen LogP contribution in [0.1, 0.15) is 26.2 Å². The highest BCUT2D eigenvalue weighted by molar-refractivity contribution is 5.79. The second-order valence-corrected chi connectivity index (χ2v) is 5.36. The van der Waals surface area contributed by atoms with E-state index in [1.165, 1.54) is 0 Å². The average molecular weight is 293 g/mol. The van der Waals surface area contributed by atoms with E-state index in [-0.39, 0.29) is 5.56 Å². The van der Waals surface area contributed by atoms with Crippen LogP contribution in [-0.4, -0.2) is 14.5 Å². The molecule has 4 nitrogen and oxygen atoms in total. The molecule has 0 aliphatic heterocycles. The number of pyridine rings is 1. The van der Waals surface area contributed by atoms with Gasteiger partial charge in [-0.1, -0.05) is 31.9 Å². The number of para-hydroxylation sites is 1. The van der Waals surface area contributed by atoms with Crippen LogP contribution in [0.3, 0.4) is 0 Å². The molecule has 4 heteroatoms. The molecule has 0 aliphatic carbocycles. The Morgan fingerprint density at radius 3 is 2.73 bits per heavy atom. The minimum atomic E-state index is 0.0283. The van der Waals surface area contributed by atoms with Gasteiger partial charge in [0.2, 0.25) is 0 Å². The van der Waals surface area contributed by atoms with Gasteiger partial charge in [-0.2, -0.15) is 0 Å². The van der Waals surface area contributed by atoms with Gasteiger partial charge in [-0.3, -0.25) is 14.3 Å². The second kappa shape index (κ2) is 6.52. The first-order chi connectivity index (χ1) is 10.8. The van der Waals surface area contributed by atoms with E-state index in [2.05, 4.69) is 11.9 Å². The fourth-order valence-corrected chi connectivity index (χ4v) is 2.61. The molecule has 0 saturated heterocycles. The highest BCUT2D eigenvalue weighted by Gasteiger charge is 2.12. The highest BCUT2D eigenvalue weighted by atomic mass is 16.1. The van der Waals surface area contributed by atoms with Crippen LogP contribution in [0.15, 0.2) is 53.6 Å². The van der Waals surface area contributed by atoms with Crippen molar-refractivity contribution in [2.45, 2.75) is 32.7 Å². The minimum absolute atomic E-state index is 0.0283. The normalized spacial score (nSPS) is 11.0. The SMILES string of the molecule is CCCCCn1c(-c2cccnc2)nc2ccccc2c1=O. The van der Waals surface area contributed by atoms with Gasteiger partial charge in [0.1, 0.15) is 5.82 Å². The maximum Gasteiger partial charge on any atom is 0.261 e. The molecule has 1 aromatic carbocycles. The molecule has 2 heterocycles. The molecule has 3 rings (SSSR count). The molecule has 0 saturated carbocycles. The number of benzene rings is 1. The Labute approximate surface area is 129 Å². The summed E-state index contributed by atoms with van der Waals surface area (Å²) >= 11 is 0. The summed E-state index contributed by atoms with van der Waals surface area (Å²) in [6.07, 6.45) is 6.68. The Kier molecular flexibility index (Phi) is 4.28. The van der Waals surface area contributed by atoms with Crippen molar-refractivity contribution in [3.05, 3.63) is 59.1 Å². The molecule has 0 fully saturated rings. The number of unbranched alkanes of at least 4 members (excludes halogenated alkanes) is 2. The third kappa shape index (κ3) is 2.77. The average Bonchev–Trinajstić information content (AvgIpc) is 2.57. The monoisotopic (exact) mass is 293 g/mol. The first-order valence-electron chi connectivity index (χ1n) is 7.71. The number of hydrogen-bond donors (Lipinski definition) is 0. The summed E-state index contributed by atoms with van der Waals surface area (Å²) in [6.45, 7) is 2.85. The predicted octanol–water partition coefficient (Wildman–Crippen LogP) is 3.65. The zero-order valence-corrected chi connectivity index (χ0v) is 12.7. The lowest BCUT2D eigenvalue weighted by molar-refractivity contribution is 0.589. The Morgan fingerprint density at radius 1 is 1.09 bits per heavy atom. The van der Waals surface area contributed by atoms with E-state index in [0.717, 1.165) is 30.3 Å². The van der Waals surface area contributed by atoms with E-state index in [1.807, 2.05) is 36.4 Å². The quantitative estimate of drug-likeness (QED) is 0.675. The van der Waals surface area contributed by atoms with Gasteiger partial charge in [0.25, 0.3) is 5.56 Å². The Morgan fingerprint density at radius 2 is 1.95 bits per heavy atom. The molecule has 22 heavy (non-hydrogen) atoms. The zero-order valence-electron chi connectivity index (χ0n) is 12.7. The number of hydrogen-bond acceptors (Lipinski definition) is 3. The summed E-state index contributed by atoms with van der Waals surface area (Å²) in [5.74, 6) is 0.702. The number of fused-ring (bicyclic) bond motifs is 1. The molecule has 112 valence electrons. The minimum Gasteiger partial charge on any atom is -0.292 e. The summed E-state index contributed by atoms with van der Waals surface area (Å²) < 4.78 is 1.79. The molecular formula is C18H19N3O. The van der Waals surface area contributed by atoms with Crippen LogP contribution in [0.5, 0.6) is 0 Å². The van der Waals surface area contributed by atoms with Crippen LogP contribution in [0, 0.1) is 0 Å². The summed E-state index contributed by atoms with van der Waals surface area (Å²) in [4.78, 5) is 21.7. The summed E-state index contributed by atoms with van der Waals surface area (Å²) in [6, 6.07) is 11.3. The lowest BCUT2D eigenvalue weighted by atomic mass is 10.2. The van der Waals surface area contributed by atoms with Crippen LogP contribution in [-0.2, 0) is 6.54 Å². The van der Waals surface area contributed by atoms with Gasteiger partial charge in [0.05, 0.1) is 10.9 Å². The maximum absolute atomic E-state index is 12.8. The fourth-order valence-electron chi connectivity index (χ4n) is 2.61. The molecule has 0 unspecified atom stereocenters. The highest BCUT2D eigenvalue weighted by Crippen LogP contribution is 2.18. The zero-order chi connectivity index (χ0) is 15.4. The molecule has 0 bridgehead atoms. The van der Waals surface area contributed by atoms with Gasteiger partial charge in [-0.25, -0.2) is 4.98 Å². The van der Waals surface area contributed by atoms with Crippen molar-refractivity contribution in [3.63, 3.8) is 0 Å². The van der Waals surface area contributed by atoms with Crippen molar-refractivity contribution in [1.29, 1.82) is 0 Å². The smallest absolute Gasteiger partial charge is 0.261 e. The lowest BCUT2D eigenvalue weighted by Crippen LogP contribution is -2.23. The summed E-state index contributed by atoms with van der Waals surface area (Å²) in [7, 11) is 0. The van der Waals surface area contributed by atoms with Crippen molar-refractivity contribution in [1.82, 2.24) is 14.5 Å². The third-order valence-electron chi connectivity index (χ3n) is 3.77. The van der Waals surface area contributed by atoms with E-state index in [9.17, 15) is 4.79 Å². The van der Waals surface area contributed by atoms with E-state index < -0.39 is 0 Å². The molecule has 0 radical (unpaired) electrons. The first-order valence-corrected chi connectivity index (χ1v) is 7.71. The molecule has 3 aromatic rings. The van der Waals surface area contributed by atoms with Crippen molar-refractivity contribution >= 4 is 10.9 Å². The number of aromatic nitrogens is 3. The van der Waals surface area contributed by atoms with Gasteiger partial charge in [-0.15, -0.1) is 0 Å². The third-order valence-corrected chi connectivity index (χ3v) is 3.77. The topological polar surface area (TPSA) is 47.8 Å². The van der Waals surface area contributed by atoms with Gasteiger partial charge in [0, 0.05) is 24.5 Å². The first kappa shape index (κ1) is 14.4. The molecule has 0 aliphatic rings. The van der Waals surface area contributed by atoms with E-state index in [1.54, 1.807) is 17.0 Å².